The first-order valence-electron chi connectivity index (χ1n) is 10.8. The molecule has 0 atom stereocenters. The predicted octanol–water partition coefficient (Wildman–Crippen LogP) is 5.97. The Balaban J connectivity index is 2.75. The lowest BCUT2D eigenvalue weighted by atomic mass is 9.96. The van der Waals surface area contributed by atoms with Crippen molar-refractivity contribution in [2.45, 2.75) is 38.7 Å². The molecule has 0 spiro atoms. The first kappa shape index (κ1) is 30.6. The third-order valence-corrected chi connectivity index (χ3v) is 12.0. The lowest BCUT2D eigenvalue weighted by Crippen LogP contribution is -2.36. The van der Waals surface area contributed by atoms with Gasteiger partial charge in [0.15, 0.2) is 4.24 Å². The molecule has 212 valence electrons. The molecule has 6 nitrogen and oxygen atoms in total. The molecule has 0 saturated carbocycles. The van der Waals surface area contributed by atoms with Crippen molar-refractivity contribution >= 4 is 39.3 Å². The summed E-state index contributed by atoms with van der Waals surface area (Å²) in [4.78, 5) is -1.68. The highest BCUT2D eigenvalue weighted by atomic mass is 32.3. The maximum atomic E-state index is 13.9. The van der Waals surface area contributed by atoms with Crippen LogP contribution in [0.25, 0.3) is 9.81 Å². The van der Waals surface area contributed by atoms with Crippen LogP contribution in [0.2, 0.25) is 0 Å². The zero-order valence-electron chi connectivity index (χ0n) is 20.6. The van der Waals surface area contributed by atoms with Gasteiger partial charge in [-0.25, -0.2) is 25.3 Å². The molecule has 0 fully saturated rings. The van der Waals surface area contributed by atoms with Gasteiger partial charge in [0.1, 0.15) is 0 Å². The average molecular weight is 615 g/mol. The molecule has 0 amide bonds. The van der Waals surface area contributed by atoms with Crippen LogP contribution in [0.1, 0.15) is 36.1 Å². The number of hydrogen-bond acceptors (Lipinski definition) is 6. The maximum Gasteiger partial charge on any atom is 0.502 e. The van der Waals surface area contributed by atoms with Crippen LogP contribution in [0.3, 0.4) is 0 Å². The minimum Gasteiger partial charge on any atom is -0.218 e. The molecule has 0 N–H and O–H groups in total. The summed E-state index contributed by atoms with van der Waals surface area (Å²) in [6.45, 7) is 4.76. The normalized spacial score (nSPS) is 17.0. The molecule has 3 rings (SSSR count). The van der Waals surface area contributed by atoms with Crippen molar-refractivity contribution in [3.05, 3.63) is 91.7 Å². The molecule has 2 aromatic rings. The van der Waals surface area contributed by atoms with E-state index in [-0.39, 0.29) is 11.1 Å². The Kier molecular flexibility index (Phi) is 7.56. The molecular weight excluding hydrogens is 594 g/mol. The first-order chi connectivity index (χ1) is 17.6. The molecule has 15 heteroatoms. The number of aryl methyl sites for hydroxylation is 2. The van der Waals surface area contributed by atoms with E-state index < -0.39 is 71.3 Å². The third-order valence-electron chi connectivity index (χ3n) is 5.90. The van der Waals surface area contributed by atoms with Gasteiger partial charge in [-0.2, -0.15) is 26.3 Å². The molecule has 2 aromatic carbocycles. The molecule has 0 unspecified atom stereocenters. The Labute approximate surface area is 221 Å². The zero-order valence-corrected chi connectivity index (χ0v) is 23.0. The van der Waals surface area contributed by atoms with Crippen molar-refractivity contribution in [2.24, 2.45) is 0 Å². The largest absolute Gasteiger partial charge is 0.502 e. The molecule has 0 aliphatic carbocycles. The summed E-state index contributed by atoms with van der Waals surface area (Å²) in [5, 5.41) is 0. The smallest absolute Gasteiger partial charge is 0.218 e. The summed E-state index contributed by atoms with van der Waals surface area (Å²) in [5.74, 6) is 0. The fourth-order valence-corrected chi connectivity index (χ4v) is 9.50. The number of hydrogen-bond donors (Lipinski definition) is 0. The molecule has 1 heterocycles. The minimum absolute atomic E-state index is 0.208. The molecule has 1 aliphatic heterocycles. The Morgan fingerprint density at radius 1 is 0.590 bits per heavy atom. The van der Waals surface area contributed by atoms with Gasteiger partial charge in [-0.1, -0.05) is 59.7 Å². The van der Waals surface area contributed by atoms with Crippen LogP contribution < -0.4 is 0 Å². The molecular formula is C24H20F6O6S3. The van der Waals surface area contributed by atoms with E-state index in [1.807, 2.05) is 0 Å². The third kappa shape index (κ3) is 5.07. The van der Waals surface area contributed by atoms with Crippen molar-refractivity contribution in [3.8, 4) is 0 Å². The van der Waals surface area contributed by atoms with Crippen LogP contribution in [0.5, 0.6) is 0 Å². The lowest BCUT2D eigenvalue weighted by Gasteiger charge is -2.28. The van der Waals surface area contributed by atoms with Crippen molar-refractivity contribution < 1.29 is 51.6 Å². The SMILES string of the molecule is CC1=C(c2ccc(C)cc2)S(=O)(=O)C(c2ccc(C)cc2)=C(C)C1=C(S(=O)(=O)C(F)(F)F)S(=O)(=O)C(F)(F)F. The van der Waals surface area contributed by atoms with Crippen molar-refractivity contribution in [1.29, 1.82) is 0 Å². The van der Waals surface area contributed by atoms with Gasteiger partial charge < -0.3 is 0 Å². The fourth-order valence-electron chi connectivity index (χ4n) is 4.10. The van der Waals surface area contributed by atoms with E-state index in [0.717, 1.165) is 13.8 Å². The van der Waals surface area contributed by atoms with Gasteiger partial charge >= 0.3 is 11.0 Å². The van der Waals surface area contributed by atoms with Gasteiger partial charge in [-0.15, -0.1) is 0 Å². The fraction of sp³-hybridized carbons (Fsp3) is 0.250. The number of alkyl halides is 6. The minimum atomic E-state index is -7.20. The number of allylic oxidation sites excluding steroid dienone is 3. The van der Waals surface area contributed by atoms with E-state index in [0.29, 0.717) is 11.1 Å². The van der Waals surface area contributed by atoms with Crippen molar-refractivity contribution in [3.63, 3.8) is 0 Å². The van der Waals surface area contributed by atoms with E-state index in [1.54, 1.807) is 13.8 Å². The van der Waals surface area contributed by atoms with Crippen LogP contribution in [0, 0.1) is 13.8 Å². The molecule has 39 heavy (non-hydrogen) atoms. The van der Waals surface area contributed by atoms with Gasteiger partial charge in [0, 0.05) is 5.57 Å². The van der Waals surface area contributed by atoms with Crippen LogP contribution in [0.4, 0.5) is 26.3 Å². The number of benzene rings is 2. The van der Waals surface area contributed by atoms with Gasteiger partial charge in [-0.3, -0.25) is 0 Å². The Hall–Kier alpha value is -2.91. The predicted molar refractivity (Wildman–Crippen MR) is 133 cm³/mol. The highest BCUT2D eigenvalue weighted by molar-refractivity contribution is 8.15. The van der Waals surface area contributed by atoms with E-state index >= 15 is 0 Å². The van der Waals surface area contributed by atoms with Crippen LogP contribution in [-0.2, 0) is 29.5 Å². The summed E-state index contributed by atoms with van der Waals surface area (Å²) in [5.41, 5.74) is -15.5. The second-order valence-electron chi connectivity index (χ2n) is 8.70. The summed E-state index contributed by atoms with van der Waals surface area (Å²) in [6.07, 6.45) is 0. The van der Waals surface area contributed by atoms with Gasteiger partial charge in [-0.05, 0) is 50.0 Å². The average Bonchev–Trinajstić information content (AvgIpc) is 2.77. The highest BCUT2D eigenvalue weighted by Crippen LogP contribution is 2.51. The maximum absolute atomic E-state index is 13.9. The van der Waals surface area contributed by atoms with Crippen molar-refractivity contribution in [1.82, 2.24) is 0 Å². The first-order valence-corrected chi connectivity index (χ1v) is 15.2. The Morgan fingerprint density at radius 2 is 0.872 bits per heavy atom. The van der Waals surface area contributed by atoms with Gasteiger partial charge in [0.05, 0.1) is 9.81 Å². The highest BCUT2D eigenvalue weighted by Gasteiger charge is 2.61. The standard InChI is InChI=1S/C24H20F6O6S3/c1-13-5-9-17(10-6-13)20-15(3)19(16(4)21(37(20,31)32)18-11-7-14(2)8-12-18)22(38(33,34)23(25,26)27)39(35,36)24(28,29)30/h5-12H,1-4H3. The van der Waals surface area contributed by atoms with Crippen LogP contribution in [0.15, 0.2) is 69.5 Å². The molecule has 0 bridgehead atoms. The summed E-state index contributed by atoms with van der Waals surface area (Å²) in [6, 6.07) is 10.5. The summed E-state index contributed by atoms with van der Waals surface area (Å²) >= 11 is 0. The van der Waals surface area contributed by atoms with E-state index in [4.69, 9.17) is 0 Å². The lowest BCUT2D eigenvalue weighted by molar-refractivity contribution is -0.0444. The summed E-state index contributed by atoms with van der Waals surface area (Å²) in [7, 11) is -19.1. The molecule has 0 radical (unpaired) electrons. The van der Waals surface area contributed by atoms with E-state index in [2.05, 4.69) is 0 Å². The quantitative estimate of drug-likeness (QED) is 0.393. The van der Waals surface area contributed by atoms with E-state index in [1.165, 1.54) is 48.5 Å². The van der Waals surface area contributed by atoms with Gasteiger partial charge in [0.2, 0.25) is 9.84 Å². The number of halogens is 6. The van der Waals surface area contributed by atoms with Crippen LogP contribution >= 0.6 is 0 Å². The number of rotatable bonds is 4. The second kappa shape index (κ2) is 9.63. The molecule has 0 saturated heterocycles. The Morgan fingerprint density at radius 3 is 1.13 bits per heavy atom. The summed E-state index contributed by atoms with van der Waals surface area (Å²) < 4.78 is 157. The zero-order chi connectivity index (χ0) is 29.9. The van der Waals surface area contributed by atoms with Gasteiger partial charge in [0.25, 0.3) is 19.7 Å². The monoisotopic (exact) mass is 614 g/mol. The topological polar surface area (TPSA) is 102 Å². The number of sulfone groups is 3. The second-order valence-corrected chi connectivity index (χ2v) is 14.5. The molecule has 0 aromatic heterocycles. The molecule has 1 aliphatic rings. The van der Waals surface area contributed by atoms with Crippen LogP contribution in [-0.4, -0.2) is 36.3 Å². The van der Waals surface area contributed by atoms with E-state index in [9.17, 15) is 51.6 Å². The Bertz CT molecular complexity index is 1630. The van der Waals surface area contributed by atoms with Crippen molar-refractivity contribution in [2.75, 3.05) is 0 Å².